The first-order valence-electron chi connectivity index (χ1n) is 11.1. The Balaban J connectivity index is 1.55. The van der Waals surface area contributed by atoms with E-state index in [1.54, 1.807) is 0 Å². The summed E-state index contributed by atoms with van der Waals surface area (Å²) in [6, 6.07) is 0. The number of carbonyl (C=O) groups is 2. The third kappa shape index (κ3) is 7.68. The van der Waals surface area contributed by atoms with Crippen molar-refractivity contribution >= 4 is 17.8 Å². The Morgan fingerprint density at radius 2 is 1.43 bits per heavy atom. The molecule has 0 aliphatic carbocycles. The summed E-state index contributed by atoms with van der Waals surface area (Å²) in [6.07, 6.45) is 7.75. The standard InChI is InChI=1S/C21H39N5O2/c1-18(2)17-20(28)25-15-13-24(14-16-25)19(27)9-5-3-6-10-23-21(22)26-11-7-4-8-12-26/h18H,3-17H2,1-2H3,(H2,22,23). The molecule has 160 valence electrons. The zero-order valence-electron chi connectivity index (χ0n) is 17.9. The van der Waals surface area contributed by atoms with Gasteiger partial charge >= 0.3 is 0 Å². The molecule has 2 amide bonds. The number of nitrogens with two attached hydrogens (primary N) is 1. The van der Waals surface area contributed by atoms with E-state index in [-0.39, 0.29) is 11.8 Å². The highest BCUT2D eigenvalue weighted by Gasteiger charge is 2.23. The van der Waals surface area contributed by atoms with Crippen LogP contribution in [0.4, 0.5) is 0 Å². The molecule has 2 aliphatic rings. The maximum absolute atomic E-state index is 12.4. The highest BCUT2D eigenvalue weighted by molar-refractivity contribution is 5.79. The van der Waals surface area contributed by atoms with Crippen molar-refractivity contribution in [2.24, 2.45) is 16.6 Å². The minimum Gasteiger partial charge on any atom is -0.370 e. The SMILES string of the molecule is CC(C)CC(=O)N1CCN(C(=O)CCCCCN=C(N)N2CCCCC2)CC1. The Bertz CT molecular complexity index is 521. The van der Waals surface area contributed by atoms with Crippen molar-refractivity contribution in [1.29, 1.82) is 0 Å². The van der Waals surface area contributed by atoms with Crippen molar-refractivity contribution < 1.29 is 9.59 Å². The predicted molar refractivity (Wildman–Crippen MR) is 113 cm³/mol. The Kier molecular flexibility index (Phi) is 9.58. The van der Waals surface area contributed by atoms with Crippen molar-refractivity contribution in [3.8, 4) is 0 Å². The lowest BCUT2D eigenvalue weighted by Gasteiger charge is -2.35. The number of carbonyl (C=O) groups excluding carboxylic acids is 2. The average Bonchev–Trinajstić information content (AvgIpc) is 2.70. The first kappa shape index (κ1) is 22.5. The number of aliphatic imine (C=N–C) groups is 1. The molecule has 0 bridgehead atoms. The number of nitrogens with zero attached hydrogens (tertiary/aromatic N) is 4. The molecule has 0 aromatic heterocycles. The van der Waals surface area contributed by atoms with E-state index >= 15 is 0 Å². The predicted octanol–water partition coefficient (Wildman–Crippen LogP) is 2.06. The fraction of sp³-hybridized carbons (Fsp3) is 0.857. The molecule has 2 rings (SSSR count). The second-order valence-corrected chi connectivity index (χ2v) is 8.46. The summed E-state index contributed by atoms with van der Waals surface area (Å²) in [5.74, 6) is 1.49. The van der Waals surface area contributed by atoms with Crippen LogP contribution in [0.15, 0.2) is 4.99 Å². The van der Waals surface area contributed by atoms with E-state index in [2.05, 4.69) is 23.7 Å². The number of amides is 2. The molecule has 0 aromatic carbocycles. The fourth-order valence-electron chi connectivity index (χ4n) is 3.82. The Morgan fingerprint density at radius 3 is 2.04 bits per heavy atom. The highest BCUT2D eigenvalue weighted by Crippen LogP contribution is 2.11. The molecule has 28 heavy (non-hydrogen) atoms. The average molecular weight is 394 g/mol. The summed E-state index contributed by atoms with van der Waals surface area (Å²) < 4.78 is 0. The monoisotopic (exact) mass is 393 g/mol. The first-order valence-corrected chi connectivity index (χ1v) is 11.1. The third-order valence-corrected chi connectivity index (χ3v) is 5.57. The van der Waals surface area contributed by atoms with Crippen molar-refractivity contribution in [1.82, 2.24) is 14.7 Å². The number of unbranched alkanes of at least 4 members (excludes halogenated alkanes) is 2. The Hall–Kier alpha value is -1.79. The van der Waals surface area contributed by atoms with Gasteiger partial charge in [0, 0.05) is 58.7 Å². The van der Waals surface area contributed by atoms with E-state index in [4.69, 9.17) is 5.73 Å². The molecule has 2 heterocycles. The molecule has 0 unspecified atom stereocenters. The number of piperazine rings is 1. The van der Waals surface area contributed by atoms with Gasteiger partial charge in [-0.3, -0.25) is 14.6 Å². The fourth-order valence-corrected chi connectivity index (χ4v) is 3.82. The molecule has 2 N–H and O–H groups in total. The molecule has 0 spiro atoms. The summed E-state index contributed by atoms with van der Waals surface area (Å²) >= 11 is 0. The molecular formula is C21H39N5O2. The van der Waals surface area contributed by atoms with Gasteiger partial charge < -0.3 is 20.4 Å². The van der Waals surface area contributed by atoms with E-state index in [0.717, 1.165) is 38.9 Å². The van der Waals surface area contributed by atoms with E-state index in [1.807, 2.05) is 9.80 Å². The summed E-state index contributed by atoms with van der Waals surface area (Å²) in [4.78, 5) is 34.9. The van der Waals surface area contributed by atoms with Crippen LogP contribution in [0.5, 0.6) is 0 Å². The van der Waals surface area contributed by atoms with E-state index < -0.39 is 0 Å². The molecule has 0 radical (unpaired) electrons. The normalized spacial score (nSPS) is 18.7. The summed E-state index contributed by atoms with van der Waals surface area (Å²) in [5, 5.41) is 0. The minimum absolute atomic E-state index is 0.214. The van der Waals surface area contributed by atoms with Gasteiger partial charge in [0.1, 0.15) is 0 Å². The third-order valence-electron chi connectivity index (χ3n) is 5.57. The van der Waals surface area contributed by atoms with Crippen LogP contribution < -0.4 is 5.73 Å². The second-order valence-electron chi connectivity index (χ2n) is 8.46. The van der Waals surface area contributed by atoms with Crippen molar-refractivity contribution in [3.63, 3.8) is 0 Å². The van der Waals surface area contributed by atoms with Gasteiger partial charge in [0.15, 0.2) is 5.96 Å². The molecule has 2 saturated heterocycles. The van der Waals surface area contributed by atoms with Gasteiger partial charge in [-0.15, -0.1) is 0 Å². The van der Waals surface area contributed by atoms with Gasteiger partial charge in [0.2, 0.25) is 11.8 Å². The van der Waals surface area contributed by atoms with Crippen molar-refractivity contribution in [2.45, 2.75) is 65.2 Å². The van der Waals surface area contributed by atoms with Gasteiger partial charge in [-0.25, -0.2) is 0 Å². The number of hydrogen-bond donors (Lipinski definition) is 1. The first-order chi connectivity index (χ1) is 13.5. The largest absolute Gasteiger partial charge is 0.370 e. The minimum atomic E-state index is 0.214. The molecule has 0 saturated carbocycles. The zero-order chi connectivity index (χ0) is 20.4. The van der Waals surface area contributed by atoms with Gasteiger partial charge in [0.25, 0.3) is 0 Å². The van der Waals surface area contributed by atoms with Crippen LogP contribution in [0.1, 0.15) is 65.2 Å². The van der Waals surface area contributed by atoms with Crippen molar-refractivity contribution in [2.75, 3.05) is 45.8 Å². The van der Waals surface area contributed by atoms with Crippen LogP contribution in [-0.2, 0) is 9.59 Å². The lowest BCUT2D eigenvalue weighted by molar-refractivity contribution is -0.140. The van der Waals surface area contributed by atoms with E-state index in [0.29, 0.717) is 50.9 Å². The summed E-state index contributed by atoms with van der Waals surface area (Å²) in [7, 11) is 0. The molecule has 0 atom stereocenters. The second kappa shape index (κ2) is 11.9. The van der Waals surface area contributed by atoms with Crippen LogP contribution in [0.3, 0.4) is 0 Å². The lowest BCUT2D eigenvalue weighted by atomic mass is 10.1. The molecule has 0 aromatic rings. The number of piperidine rings is 1. The number of guanidine groups is 1. The maximum Gasteiger partial charge on any atom is 0.222 e. The van der Waals surface area contributed by atoms with Crippen LogP contribution in [0.2, 0.25) is 0 Å². The van der Waals surface area contributed by atoms with Crippen LogP contribution in [-0.4, -0.2) is 78.3 Å². The quantitative estimate of drug-likeness (QED) is 0.389. The molecular weight excluding hydrogens is 354 g/mol. The Morgan fingerprint density at radius 1 is 0.821 bits per heavy atom. The van der Waals surface area contributed by atoms with Gasteiger partial charge in [0.05, 0.1) is 0 Å². The molecule has 2 fully saturated rings. The summed E-state index contributed by atoms with van der Waals surface area (Å²) in [5.41, 5.74) is 6.06. The molecule has 7 nitrogen and oxygen atoms in total. The molecule has 2 aliphatic heterocycles. The molecule has 7 heteroatoms. The number of hydrogen-bond acceptors (Lipinski definition) is 3. The van der Waals surface area contributed by atoms with Crippen LogP contribution >= 0.6 is 0 Å². The maximum atomic E-state index is 12.4. The van der Waals surface area contributed by atoms with Crippen molar-refractivity contribution in [3.05, 3.63) is 0 Å². The van der Waals surface area contributed by atoms with E-state index in [1.165, 1.54) is 19.3 Å². The van der Waals surface area contributed by atoms with Gasteiger partial charge in [-0.1, -0.05) is 20.3 Å². The number of rotatable bonds is 8. The topological polar surface area (TPSA) is 82.2 Å². The summed E-state index contributed by atoms with van der Waals surface area (Å²) in [6.45, 7) is 9.59. The smallest absolute Gasteiger partial charge is 0.222 e. The van der Waals surface area contributed by atoms with Crippen LogP contribution in [0, 0.1) is 5.92 Å². The highest BCUT2D eigenvalue weighted by atomic mass is 16.2. The zero-order valence-corrected chi connectivity index (χ0v) is 17.9. The van der Waals surface area contributed by atoms with Gasteiger partial charge in [-0.05, 0) is 38.0 Å². The lowest BCUT2D eigenvalue weighted by Crippen LogP contribution is -2.50. The Labute approximate surface area is 170 Å². The van der Waals surface area contributed by atoms with E-state index in [9.17, 15) is 9.59 Å². The number of likely N-dealkylation sites (tertiary alicyclic amines) is 1. The van der Waals surface area contributed by atoms with Crippen LogP contribution in [0.25, 0.3) is 0 Å². The van der Waals surface area contributed by atoms with Gasteiger partial charge in [-0.2, -0.15) is 0 Å².